The van der Waals surface area contributed by atoms with Crippen molar-refractivity contribution in [1.29, 1.82) is 0 Å². The zero-order valence-electron chi connectivity index (χ0n) is 14.8. The number of carbonyl (C=O) groups is 1. The van der Waals surface area contributed by atoms with Gasteiger partial charge in [0.15, 0.2) is 6.29 Å². The molecular weight excluding hydrogens is 416 g/mol. The number of benzene rings is 2. The van der Waals surface area contributed by atoms with Crippen molar-refractivity contribution in [3.63, 3.8) is 0 Å². The second-order valence-corrected chi connectivity index (χ2v) is 5.90. The third-order valence-electron chi connectivity index (χ3n) is 3.80. The number of aldehydes is 1. The first-order valence-corrected chi connectivity index (χ1v) is 8.23. The first kappa shape index (κ1) is 21.2. The van der Waals surface area contributed by atoms with E-state index in [4.69, 9.17) is 0 Å². The molecule has 0 saturated heterocycles. The van der Waals surface area contributed by atoms with Crippen molar-refractivity contribution in [2.24, 2.45) is 0 Å². The number of pyridine rings is 1. The standard InChI is InChI=1S/C20H11F6NO3/c21-19(22,23)29-15-6-1-12(2-7-15)17-10-5-14(11-28)18(27-17)13-3-8-16(9-4-13)30-20(24,25)26/h1-11H. The minimum atomic E-state index is -4.84. The lowest BCUT2D eigenvalue weighted by Crippen LogP contribution is -2.16. The van der Waals surface area contributed by atoms with Gasteiger partial charge in [0.2, 0.25) is 0 Å². The Hall–Kier alpha value is -3.56. The molecule has 10 heteroatoms. The average molecular weight is 427 g/mol. The van der Waals surface area contributed by atoms with Crippen molar-refractivity contribution >= 4 is 6.29 Å². The van der Waals surface area contributed by atoms with Crippen LogP contribution in [0, 0.1) is 0 Å². The summed E-state index contributed by atoms with van der Waals surface area (Å²) in [4.78, 5) is 15.7. The van der Waals surface area contributed by atoms with Gasteiger partial charge in [0.1, 0.15) is 11.5 Å². The number of nitrogens with zero attached hydrogens (tertiary/aromatic N) is 1. The molecule has 0 radical (unpaired) electrons. The number of hydrogen-bond acceptors (Lipinski definition) is 4. The van der Waals surface area contributed by atoms with Crippen molar-refractivity contribution in [3.8, 4) is 34.0 Å². The first-order chi connectivity index (χ1) is 14.0. The molecule has 0 fully saturated rings. The van der Waals surface area contributed by atoms with Gasteiger partial charge in [0, 0.05) is 16.7 Å². The van der Waals surface area contributed by atoms with Gasteiger partial charge >= 0.3 is 12.7 Å². The summed E-state index contributed by atoms with van der Waals surface area (Å²) in [6.45, 7) is 0. The van der Waals surface area contributed by atoms with E-state index in [-0.39, 0.29) is 11.3 Å². The van der Waals surface area contributed by atoms with E-state index in [1.54, 1.807) is 0 Å². The molecule has 1 aromatic heterocycles. The Bertz CT molecular complexity index is 1030. The van der Waals surface area contributed by atoms with E-state index >= 15 is 0 Å². The van der Waals surface area contributed by atoms with E-state index < -0.39 is 24.2 Å². The van der Waals surface area contributed by atoms with Gasteiger partial charge in [-0.25, -0.2) is 4.98 Å². The van der Waals surface area contributed by atoms with Gasteiger partial charge < -0.3 is 9.47 Å². The number of ether oxygens (including phenoxy) is 2. The maximum atomic E-state index is 12.3. The summed E-state index contributed by atoms with van der Waals surface area (Å²) in [6.07, 6.45) is -9.12. The predicted molar refractivity (Wildman–Crippen MR) is 93.9 cm³/mol. The van der Waals surface area contributed by atoms with Gasteiger partial charge in [-0.1, -0.05) is 0 Å². The number of rotatable bonds is 5. The van der Waals surface area contributed by atoms with Crippen molar-refractivity contribution in [2.75, 3.05) is 0 Å². The van der Waals surface area contributed by atoms with Crippen LogP contribution in [0.5, 0.6) is 11.5 Å². The number of carbonyl (C=O) groups excluding carboxylic acids is 1. The lowest BCUT2D eigenvalue weighted by atomic mass is 10.0. The highest BCUT2D eigenvalue weighted by Gasteiger charge is 2.31. The Morgan fingerprint density at radius 1 is 0.667 bits per heavy atom. The molecule has 156 valence electrons. The van der Waals surface area contributed by atoms with Crippen LogP contribution < -0.4 is 9.47 Å². The van der Waals surface area contributed by atoms with Gasteiger partial charge in [-0.15, -0.1) is 26.3 Å². The van der Waals surface area contributed by atoms with Crippen LogP contribution in [-0.4, -0.2) is 24.0 Å². The van der Waals surface area contributed by atoms with Crippen molar-refractivity contribution in [2.45, 2.75) is 12.7 Å². The third kappa shape index (κ3) is 5.49. The van der Waals surface area contributed by atoms with Crippen LogP contribution in [0.4, 0.5) is 26.3 Å². The highest BCUT2D eigenvalue weighted by molar-refractivity contribution is 5.87. The molecule has 0 saturated carbocycles. The molecule has 4 nitrogen and oxygen atoms in total. The average Bonchev–Trinajstić information content (AvgIpc) is 2.66. The Labute approximate surface area is 165 Å². The lowest BCUT2D eigenvalue weighted by molar-refractivity contribution is -0.275. The molecule has 0 spiro atoms. The van der Waals surface area contributed by atoms with E-state index in [0.29, 0.717) is 23.1 Å². The van der Waals surface area contributed by atoms with Gasteiger partial charge in [-0.3, -0.25) is 4.79 Å². The quantitative estimate of drug-likeness (QED) is 0.369. The van der Waals surface area contributed by atoms with Gasteiger partial charge in [-0.2, -0.15) is 0 Å². The molecule has 0 aliphatic heterocycles. The van der Waals surface area contributed by atoms with Gasteiger partial charge in [0.25, 0.3) is 0 Å². The van der Waals surface area contributed by atoms with Crippen molar-refractivity contribution in [3.05, 3.63) is 66.2 Å². The maximum Gasteiger partial charge on any atom is 0.573 e. The second-order valence-electron chi connectivity index (χ2n) is 5.90. The highest BCUT2D eigenvalue weighted by Crippen LogP contribution is 2.30. The Morgan fingerprint density at radius 2 is 1.13 bits per heavy atom. The van der Waals surface area contributed by atoms with Crippen LogP contribution in [0.3, 0.4) is 0 Å². The van der Waals surface area contributed by atoms with Gasteiger partial charge in [-0.05, 0) is 60.7 Å². The monoisotopic (exact) mass is 427 g/mol. The fourth-order valence-corrected chi connectivity index (χ4v) is 2.60. The molecule has 0 amide bonds. The first-order valence-electron chi connectivity index (χ1n) is 8.23. The summed E-state index contributed by atoms with van der Waals surface area (Å²) < 4.78 is 81.3. The molecule has 0 aliphatic carbocycles. The zero-order chi connectivity index (χ0) is 21.9. The number of halogens is 6. The highest BCUT2D eigenvalue weighted by atomic mass is 19.4. The summed E-state index contributed by atoms with van der Waals surface area (Å²) in [6, 6.07) is 12.6. The molecule has 0 aliphatic rings. The minimum absolute atomic E-state index is 0.181. The summed E-state index contributed by atoms with van der Waals surface area (Å²) in [5, 5.41) is 0. The molecule has 0 atom stereocenters. The molecule has 0 unspecified atom stereocenters. The Kier molecular flexibility index (Phi) is 5.68. The molecule has 1 heterocycles. The number of aromatic nitrogens is 1. The minimum Gasteiger partial charge on any atom is -0.406 e. The number of alkyl halides is 6. The normalized spacial score (nSPS) is 11.8. The maximum absolute atomic E-state index is 12.3. The van der Waals surface area contributed by atoms with Crippen LogP contribution in [0.25, 0.3) is 22.5 Å². The van der Waals surface area contributed by atoms with Crippen molar-refractivity contribution < 1.29 is 40.6 Å². The molecule has 3 aromatic rings. The lowest BCUT2D eigenvalue weighted by Gasteiger charge is -2.11. The molecule has 3 rings (SSSR count). The molecule has 30 heavy (non-hydrogen) atoms. The van der Waals surface area contributed by atoms with Crippen LogP contribution >= 0.6 is 0 Å². The molecule has 2 aromatic carbocycles. The zero-order valence-corrected chi connectivity index (χ0v) is 14.8. The van der Waals surface area contributed by atoms with Crippen LogP contribution in [0.1, 0.15) is 10.4 Å². The summed E-state index contributed by atoms with van der Waals surface area (Å²) >= 11 is 0. The largest absolute Gasteiger partial charge is 0.573 e. The predicted octanol–water partition coefficient (Wildman–Crippen LogP) is 6.03. The SMILES string of the molecule is O=Cc1ccc(-c2ccc(OC(F)(F)F)cc2)nc1-c1ccc(OC(F)(F)F)cc1. The molecule has 0 bridgehead atoms. The van der Waals surface area contributed by atoms with Crippen LogP contribution in [0.15, 0.2) is 60.7 Å². The third-order valence-corrected chi connectivity index (χ3v) is 3.80. The van der Waals surface area contributed by atoms with Crippen LogP contribution in [0.2, 0.25) is 0 Å². The smallest absolute Gasteiger partial charge is 0.406 e. The number of hydrogen-bond donors (Lipinski definition) is 0. The van der Waals surface area contributed by atoms with Crippen LogP contribution in [-0.2, 0) is 0 Å². The van der Waals surface area contributed by atoms with E-state index in [0.717, 1.165) is 24.3 Å². The van der Waals surface area contributed by atoms with E-state index in [1.165, 1.54) is 36.4 Å². The summed E-state index contributed by atoms with van der Waals surface area (Å²) in [5.41, 5.74) is 1.51. The summed E-state index contributed by atoms with van der Waals surface area (Å²) in [7, 11) is 0. The van der Waals surface area contributed by atoms with E-state index in [2.05, 4.69) is 14.5 Å². The summed E-state index contributed by atoms with van der Waals surface area (Å²) in [5.74, 6) is -0.841. The van der Waals surface area contributed by atoms with E-state index in [9.17, 15) is 31.1 Å². The molecule has 0 N–H and O–H groups in total. The van der Waals surface area contributed by atoms with E-state index in [1.807, 2.05) is 0 Å². The Morgan fingerprint density at radius 3 is 1.57 bits per heavy atom. The topological polar surface area (TPSA) is 48.4 Å². The Balaban J connectivity index is 1.91. The van der Waals surface area contributed by atoms with Gasteiger partial charge in [0.05, 0.1) is 11.4 Å². The fraction of sp³-hybridized carbons (Fsp3) is 0.100. The van der Waals surface area contributed by atoms with Crippen molar-refractivity contribution in [1.82, 2.24) is 4.98 Å². The molecular formula is C20H11F6NO3. The second kappa shape index (κ2) is 8.05. The fourth-order valence-electron chi connectivity index (χ4n) is 2.60.